The molecule has 1 aliphatic rings. The van der Waals surface area contributed by atoms with E-state index in [1.165, 1.54) is 17.0 Å². The van der Waals surface area contributed by atoms with Crippen molar-refractivity contribution < 1.29 is 4.79 Å². The van der Waals surface area contributed by atoms with Crippen LogP contribution in [0, 0.1) is 6.92 Å². The highest BCUT2D eigenvalue weighted by Gasteiger charge is 2.25. The van der Waals surface area contributed by atoms with Crippen molar-refractivity contribution in [2.75, 3.05) is 0 Å². The van der Waals surface area contributed by atoms with Gasteiger partial charge in [-0.1, -0.05) is 6.92 Å². The summed E-state index contributed by atoms with van der Waals surface area (Å²) in [6.07, 6.45) is 3.80. The second kappa shape index (κ2) is 3.26. The zero-order valence-corrected chi connectivity index (χ0v) is 9.18. The third kappa shape index (κ3) is 1.13. The first-order valence-electron chi connectivity index (χ1n) is 5.37. The average Bonchev–Trinajstić information content (AvgIpc) is 2.43. The van der Waals surface area contributed by atoms with Crippen LogP contribution in [0.1, 0.15) is 47.1 Å². The Labute approximate surface area is 84.9 Å². The van der Waals surface area contributed by atoms with Crippen LogP contribution in [0.15, 0.2) is 0 Å². The van der Waals surface area contributed by atoms with Crippen LogP contribution in [0.3, 0.4) is 0 Å². The highest BCUT2D eigenvalue weighted by Crippen LogP contribution is 2.29. The summed E-state index contributed by atoms with van der Waals surface area (Å²) in [5, 5.41) is 0. The zero-order chi connectivity index (χ0) is 10.3. The minimum atomic E-state index is 0.354. The number of carbonyl (C=O) groups is 1. The molecule has 0 aliphatic heterocycles. The number of ketones is 1. The Kier molecular flexibility index (Phi) is 2.22. The quantitative estimate of drug-likeness (QED) is 0.668. The Morgan fingerprint density at radius 3 is 2.71 bits per heavy atom. The molecule has 0 saturated heterocycles. The van der Waals surface area contributed by atoms with E-state index in [1.54, 1.807) is 0 Å². The fraction of sp³-hybridized carbons (Fsp3) is 0.583. The average molecular weight is 191 g/mol. The molecule has 0 atom stereocenters. The minimum absolute atomic E-state index is 0.354. The van der Waals surface area contributed by atoms with Crippen LogP contribution in [0.2, 0.25) is 0 Å². The standard InChI is InChI=1S/C12H17NO/c1-4-9-8(2)13(3)10-6-5-7-11(14)12(9)10/h4-7H2,1-3H3. The molecule has 2 rings (SSSR count). The van der Waals surface area contributed by atoms with Gasteiger partial charge in [0.25, 0.3) is 0 Å². The number of aromatic nitrogens is 1. The molecule has 0 amide bonds. The predicted octanol–water partition coefficient (Wildman–Crippen LogP) is 2.41. The van der Waals surface area contributed by atoms with E-state index in [0.29, 0.717) is 5.78 Å². The van der Waals surface area contributed by atoms with E-state index in [0.717, 1.165) is 31.2 Å². The maximum absolute atomic E-state index is 11.8. The van der Waals surface area contributed by atoms with Gasteiger partial charge in [-0.15, -0.1) is 0 Å². The predicted molar refractivity (Wildman–Crippen MR) is 56.8 cm³/mol. The van der Waals surface area contributed by atoms with Gasteiger partial charge in [0.1, 0.15) is 0 Å². The first-order valence-corrected chi connectivity index (χ1v) is 5.37. The zero-order valence-electron chi connectivity index (χ0n) is 9.18. The van der Waals surface area contributed by atoms with E-state index in [2.05, 4.69) is 25.5 Å². The lowest BCUT2D eigenvalue weighted by Crippen LogP contribution is -2.12. The molecule has 0 bridgehead atoms. The minimum Gasteiger partial charge on any atom is -0.351 e. The van der Waals surface area contributed by atoms with Crippen LogP contribution in [-0.4, -0.2) is 10.4 Å². The van der Waals surface area contributed by atoms with Gasteiger partial charge in [-0.25, -0.2) is 0 Å². The lowest BCUT2D eigenvalue weighted by molar-refractivity contribution is 0.0971. The first kappa shape index (κ1) is 9.50. The summed E-state index contributed by atoms with van der Waals surface area (Å²) in [6.45, 7) is 4.24. The number of nitrogens with zero attached hydrogens (tertiary/aromatic N) is 1. The van der Waals surface area contributed by atoms with E-state index in [1.807, 2.05) is 0 Å². The smallest absolute Gasteiger partial charge is 0.164 e. The maximum Gasteiger partial charge on any atom is 0.164 e. The van der Waals surface area contributed by atoms with Gasteiger partial charge in [0, 0.05) is 30.4 Å². The number of Topliss-reactive ketones (excluding diaryl/α,β-unsaturated/α-hetero) is 1. The summed E-state index contributed by atoms with van der Waals surface area (Å²) in [4.78, 5) is 11.8. The summed E-state index contributed by atoms with van der Waals surface area (Å²) in [5.74, 6) is 0.354. The molecule has 0 N–H and O–H groups in total. The van der Waals surface area contributed by atoms with Gasteiger partial charge >= 0.3 is 0 Å². The lowest BCUT2D eigenvalue weighted by atomic mass is 9.92. The number of carbonyl (C=O) groups excluding carboxylic acids is 1. The molecule has 0 aromatic carbocycles. The monoisotopic (exact) mass is 191 g/mol. The van der Waals surface area contributed by atoms with Gasteiger partial charge in [0.15, 0.2) is 5.78 Å². The molecule has 1 aromatic heterocycles. The van der Waals surface area contributed by atoms with Crippen molar-refractivity contribution >= 4 is 5.78 Å². The third-order valence-electron chi connectivity index (χ3n) is 3.38. The molecular formula is C12H17NO. The van der Waals surface area contributed by atoms with Gasteiger partial charge in [-0.2, -0.15) is 0 Å². The normalized spacial score (nSPS) is 15.8. The number of hydrogen-bond donors (Lipinski definition) is 0. The van der Waals surface area contributed by atoms with E-state index in [4.69, 9.17) is 0 Å². The molecular weight excluding hydrogens is 174 g/mol. The van der Waals surface area contributed by atoms with Crippen molar-refractivity contribution in [3.63, 3.8) is 0 Å². The molecule has 0 spiro atoms. The highest BCUT2D eigenvalue weighted by molar-refractivity contribution is 6.00. The summed E-state index contributed by atoms with van der Waals surface area (Å²) < 4.78 is 2.20. The van der Waals surface area contributed by atoms with Gasteiger partial charge in [0.05, 0.1) is 0 Å². The summed E-state index contributed by atoms with van der Waals surface area (Å²) in [6, 6.07) is 0. The lowest BCUT2D eigenvalue weighted by Gasteiger charge is -2.12. The Bertz CT molecular complexity index is 368. The Morgan fingerprint density at radius 1 is 1.36 bits per heavy atom. The fourth-order valence-electron chi connectivity index (χ4n) is 2.52. The summed E-state index contributed by atoms with van der Waals surface area (Å²) in [5.41, 5.74) is 4.84. The molecule has 1 heterocycles. The summed E-state index contributed by atoms with van der Waals surface area (Å²) in [7, 11) is 2.08. The number of rotatable bonds is 1. The van der Waals surface area contributed by atoms with Crippen molar-refractivity contribution in [3.05, 3.63) is 22.5 Å². The SMILES string of the molecule is CCc1c2c(n(C)c1C)CCCC2=O. The van der Waals surface area contributed by atoms with E-state index < -0.39 is 0 Å². The third-order valence-corrected chi connectivity index (χ3v) is 3.38. The molecule has 1 aliphatic carbocycles. The van der Waals surface area contributed by atoms with Crippen molar-refractivity contribution in [3.8, 4) is 0 Å². The van der Waals surface area contributed by atoms with Crippen LogP contribution in [0.5, 0.6) is 0 Å². The van der Waals surface area contributed by atoms with Gasteiger partial charge in [-0.05, 0) is 31.7 Å². The van der Waals surface area contributed by atoms with Gasteiger partial charge < -0.3 is 4.57 Å². The molecule has 0 saturated carbocycles. The van der Waals surface area contributed by atoms with Crippen molar-refractivity contribution in [2.24, 2.45) is 7.05 Å². The second-order valence-corrected chi connectivity index (χ2v) is 4.07. The molecule has 2 heteroatoms. The topological polar surface area (TPSA) is 22.0 Å². The van der Waals surface area contributed by atoms with Crippen LogP contribution < -0.4 is 0 Å². The van der Waals surface area contributed by atoms with Crippen molar-refractivity contribution in [1.29, 1.82) is 0 Å². The Balaban J connectivity index is 2.68. The second-order valence-electron chi connectivity index (χ2n) is 4.07. The van der Waals surface area contributed by atoms with Crippen LogP contribution in [0.25, 0.3) is 0 Å². The van der Waals surface area contributed by atoms with Gasteiger partial charge in [0.2, 0.25) is 0 Å². The number of hydrogen-bond acceptors (Lipinski definition) is 1. The van der Waals surface area contributed by atoms with Crippen molar-refractivity contribution in [1.82, 2.24) is 4.57 Å². The van der Waals surface area contributed by atoms with Crippen LogP contribution in [0.4, 0.5) is 0 Å². The molecule has 0 unspecified atom stereocenters. The fourth-order valence-corrected chi connectivity index (χ4v) is 2.52. The Hall–Kier alpha value is -1.05. The maximum atomic E-state index is 11.8. The largest absolute Gasteiger partial charge is 0.351 e. The van der Waals surface area contributed by atoms with E-state index in [-0.39, 0.29) is 0 Å². The Morgan fingerprint density at radius 2 is 2.07 bits per heavy atom. The first-order chi connectivity index (χ1) is 6.66. The molecule has 14 heavy (non-hydrogen) atoms. The molecule has 0 fully saturated rings. The van der Waals surface area contributed by atoms with Gasteiger partial charge in [-0.3, -0.25) is 4.79 Å². The van der Waals surface area contributed by atoms with E-state index >= 15 is 0 Å². The molecule has 1 aromatic rings. The number of fused-ring (bicyclic) bond motifs is 1. The molecule has 0 radical (unpaired) electrons. The van der Waals surface area contributed by atoms with Crippen molar-refractivity contribution in [2.45, 2.75) is 39.5 Å². The van der Waals surface area contributed by atoms with E-state index in [9.17, 15) is 4.79 Å². The highest BCUT2D eigenvalue weighted by atomic mass is 16.1. The molecule has 2 nitrogen and oxygen atoms in total. The van der Waals surface area contributed by atoms with Crippen LogP contribution >= 0.6 is 0 Å². The molecule has 76 valence electrons. The van der Waals surface area contributed by atoms with Crippen LogP contribution in [-0.2, 0) is 19.9 Å². The summed E-state index contributed by atoms with van der Waals surface area (Å²) >= 11 is 0.